The highest BCUT2D eigenvalue weighted by molar-refractivity contribution is 7.91. The maximum absolute atomic E-state index is 12.1. The quantitative estimate of drug-likeness (QED) is 0.841. The zero-order valence-corrected chi connectivity index (χ0v) is 13.3. The van der Waals surface area contributed by atoms with Crippen LogP contribution >= 0.6 is 11.6 Å². The molecule has 0 atom stereocenters. The smallest absolute Gasteiger partial charge is 0.221 e. The summed E-state index contributed by atoms with van der Waals surface area (Å²) in [7, 11) is -3.52. The topological polar surface area (TPSA) is 63.2 Å². The summed E-state index contributed by atoms with van der Waals surface area (Å²) in [6.45, 7) is 4.70. The lowest BCUT2D eigenvalue weighted by molar-refractivity contribution is -0.120. The standard InChI is InChI=1S/C14H20ClNO3S/c1-11(2)7-9-16-14(17)8-10-20(18,19)13-6-4-3-5-12(13)15/h3-6,11H,7-10H2,1-2H3,(H,16,17). The number of halogens is 1. The van der Waals surface area contributed by atoms with E-state index in [4.69, 9.17) is 11.6 Å². The zero-order chi connectivity index (χ0) is 15.2. The van der Waals surface area contributed by atoms with Crippen LogP contribution in [0.25, 0.3) is 0 Å². The summed E-state index contributed by atoms with van der Waals surface area (Å²) in [6.07, 6.45) is 0.828. The predicted molar refractivity (Wildman–Crippen MR) is 80.6 cm³/mol. The van der Waals surface area contributed by atoms with Crippen LogP contribution in [-0.2, 0) is 14.6 Å². The van der Waals surface area contributed by atoms with Crippen molar-refractivity contribution >= 4 is 27.3 Å². The number of sulfone groups is 1. The summed E-state index contributed by atoms with van der Waals surface area (Å²) in [6, 6.07) is 6.26. The molecule has 1 aromatic carbocycles. The Hall–Kier alpha value is -1.07. The van der Waals surface area contributed by atoms with Gasteiger partial charge in [0.25, 0.3) is 0 Å². The molecule has 0 radical (unpaired) electrons. The van der Waals surface area contributed by atoms with Crippen molar-refractivity contribution in [3.05, 3.63) is 29.3 Å². The maximum Gasteiger partial charge on any atom is 0.221 e. The van der Waals surface area contributed by atoms with E-state index in [2.05, 4.69) is 19.2 Å². The van der Waals surface area contributed by atoms with Gasteiger partial charge in [0, 0.05) is 13.0 Å². The first-order chi connectivity index (χ1) is 9.33. The Bertz CT molecular complexity index is 555. The number of hydrogen-bond acceptors (Lipinski definition) is 3. The molecule has 0 aliphatic carbocycles. The summed E-state index contributed by atoms with van der Waals surface area (Å²) < 4.78 is 24.2. The van der Waals surface area contributed by atoms with E-state index in [0.29, 0.717) is 12.5 Å². The van der Waals surface area contributed by atoms with Crippen LogP contribution in [0.4, 0.5) is 0 Å². The van der Waals surface area contributed by atoms with Gasteiger partial charge in [0.1, 0.15) is 0 Å². The van der Waals surface area contributed by atoms with E-state index in [1.54, 1.807) is 12.1 Å². The van der Waals surface area contributed by atoms with E-state index in [9.17, 15) is 13.2 Å². The molecule has 0 spiro atoms. The average molecular weight is 318 g/mol. The van der Waals surface area contributed by atoms with Crippen molar-refractivity contribution in [2.24, 2.45) is 5.92 Å². The highest BCUT2D eigenvalue weighted by Gasteiger charge is 2.18. The second-order valence-corrected chi connectivity index (χ2v) is 7.52. The van der Waals surface area contributed by atoms with Crippen LogP contribution in [0.15, 0.2) is 29.2 Å². The van der Waals surface area contributed by atoms with Gasteiger partial charge in [0.05, 0.1) is 15.7 Å². The van der Waals surface area contributed by atoms with Gasteiger partial charge in [-0.3, -0.25) is 4.79 Å². The summed E-state index contributed by atoms with van der Waals surface area (Å²) in [5.74, 6) is 0.0213. The number of carbonyl (C=O) groups is 1. The Morgan fingerprint density at radius 2 is 1.95 bits per heavy atom. The molecule has 0 saturated heterocycles. The van der Waals surface area contributed by atoms with E-state index >= 15 is 0 Å². The number of benzene rings is 1. The van der Waals surface area contributed by atoms with Crippen molar-refractivity contribution < 1.29 is 13.2 Å². The van der Waals surface area contributed by atoms with Gasteiger partial charge in [-0.15, -0.1) is 0 Å². The Morgan fingerprint density at radius 1 is 1.30 bits per heavy atom. The number of amides is 1. The lowest BCUT2D eigenvalue weighted by Crippen LogP contribution is -2.27. The highest BCUT2D eigenvalue weighted by Crippen LogP contribution is 2.22. The third-order valence-corrected chi connectivity index (χ3v) is 5.02. The highest BCUT2D eigenvalue weighted by atomic mass is 35.5. The first-order valence-corrected chi connectivity index (χ1v) is 8.60. The molecule has 0 fully saturated rings. The minimum atomic E-state index is -3.52. The molecule has 0 aliphatic rings. The van der Waals surface area contributed by atoms with Gasteiger partial charge < -0.3 is 5.32 Å². The molecule has 112 valence electrons. The van der Waals surface area contributed by atoms with Crippen LogP contribution in [0.3, 0.4) is 0 Å². The zero-order valence-electron chi connectivity index (χ0n) is 11.7. The number of hydrogen-bond donors (Lipinski definition) is 1. The van der Waals surface area contributed by atoms with E-state index in [0.717, 1.165) is 6.42 Å². The van der Waals surface area contributed by atoms with Gasteiger partial charge in [0.2, 0.25) is 5.91 Å². The Balaban J connectivity index is 2.52. The molecule has 1 N–H and O–H groups in total. The number of rotatable bonds is 7. The summed E-state index contributed by atoms with van der Waals surface area (Å²) in [4.78, 5) is 11.7. The molecule has 0 aliphatic heterocycles. The fourth-order valence-corrected chi connectivity index (χ4v) is 3.44. The normalized spacial score (nSPS) is 11.6. The van der Waals surface area contributed by atoms with Crippen molar-refractivity contribution in [2.75, 3.05) is 12.3 Å². The van der Waals surface area contributed by atoms with Gasteiger partial charge in [-0.2, -0.15) is 0 Å². The van der Waals surface area contributed by atoms with E-state index < -0.39 is 9.84 Å². The minimum Gasteiger partial charge on any atom is -0.356 e. The van der Waals surface area contributed by atoms with Crippen LogP contribution in [0.2, 0.25) is 5.02 Å². The van der Waals surface area contributed by atoms with Crippen molar-refractivity contribution in [1.29, 1.82) is 0 Å². The minimum absolute atomic E-state index is 0.0499. The van der Waals surface area contributed by atoms with E-state index in [1.807, 2.05) is 0 Å². The van der Waals surface area contributed by atoms with E-state index in [1.165, 1.54) is 12.1 Å². The lowest BCUT2D eigenvalue weighted by Gasteiger charge is -2.08. The fourth-order valence-electron chi connectivity index (χ4n) is 1.62. The van der Waals surface area contributed by atoms with Crippen molar-refractivity contribution in [3.63, 3.8) is 0 Å². The van der Waals surface area contributed by atoms with Crippen LogP contribution in [0, 0.1) is 5.92 Å². The molecule has 0 saturated carbocycles. The van der Waals surface area contributed by atoms with E-state index in [-0.39, 0.29) is 28.0 Å². The van der Waals surface area contributed by atoms with Gasteiger partial charge in [-0.05, 0) is 24.5 Å². The van der Waals surface area contributed by atoms with Crippen molar-refractivity contribution in [1.82, 2.24) is 5.32 Å². The Morgan fingerprint density at radius 3 is 2.55 bits per heavy atom. The lowest BCUT2D eigenvalue weighted by atomic mass is 10.1. The fraction of sp³-hybridized carbons (Fsp3) is 0.500. The molecule has 4 nitrogen and oxygen atoms in total. The molecule has 1 amide bonds. The molecule has 0 heterocycles. The number of nitrogens with one attached hydrogen (secondary N) is 1. The first kappa shape index (κ1) is 17.0. The van der Waals surface area contributed by atoms with Crippen molar-refractivity contribution in [3.8, 4) is 0 Å². The molecule has 1 rings (SSSR count). The second kappa shape index (κ2) is 7.64. The molecule has 0 aromatic heterocycles. The predicted octanol–water partition coefficient (Wildman–Crippen LogP) is 2.67. The first-order valence-electron chi connectivity index (χ1n) is 6.57. The van der Waals surface area contributed by atoms with Gasteiger partial charge >= 0.3 is 0 Å². The van der Waals surface area contributed by atoms with Crippen LogP contribution in [-0.4, -0.2) is 26.6 Å². The summed E-state index contributed by atoms with van der Waals surface area (Å²) in [5.41, 5.74) is 0. The van der Waals surface area contributed by atoms with Crippen LogP contribution in [0.1, 0.15) is 26.7 Å². The molecule has 1 aromatic rings. The van der Waals surface area contributed by atoms with Crippen LogP contribution < -0.4 is 5.32 Å². The average Bonchev–Trinajstić information content (AvgIpc) is 2.36. The van der Waals surface area contributed by atoms with Crippen LogP contribution in [0.5, 0.6) is 0 Å². The Kier molecular flexibility index (Phi) is 6.49. The largest absolute Gasteiger partial charge is 0.356 e. The van der Waals surface area contributed by atoms with Gasteiger partial charge in [-0.1, -0.05) is 37.6 Å². The SMILES string of the molecule is CC(C)CCNC(=O)CCS(=O)(=O)c1ccccc1Cl. The third kappa shape index (κ3) is 5.51. The van der Waals surface area contributed by atoms with Gasteiger partial charge in [-0.25, -0.2) is 8.42 Å². The summed E-state index contributed by atoms with van der Waals surface area (Å²) >= 11 is 5.86. The molecule has 0 bridgehead atoms. The van der Waals surface area contributed by atoms with Crippen molar-refractivity contribution in [2.45, 2.75) is 31.6 Å². The van der Waals surface area contributed by atoms with Gasteiger partial charge in [0.15, 0.2) is 9.84 Å². The monoisotopic (exact) mass is 317 g/mol. The maximum atomic E-state index is 12.1. The molecule has 20 heavy (non-hydrogen) atoms. The Labute approximate surface area is 125 Å². The third-order valence-electron chi connectivity index (χ3n) is 2.81. The molecular formula is C14H20ClNO3S. The molecule has 6 heteroatoms. The summed E-state index contributed by atoms with van der Waals surface area (Å²) in [5, 5.41) is 2.90. The second-order valence-electron chi connectivity index (χ2n) is 5.03. The number of carbonyl (C=O) groups excluding carboxylic acids is 1. The molecular weight excluding hydrogens is 298 g/mol. The molecule has 0 unspecified atom stereocenters.